The first-order valence-electron chi connectivity index (χ1n) is 6.28. The lowest BCUT2D eigenvalue weighted by Gasteiger charge is -2.09. The molecule has 0 spiro atoms. The molecule has 0 heterocycles. The van der Waals surface area contributed by atoms with Gasteiger partial charge in [-0.3, -0.25) is 4.79 Å². The molecule has 0 aromatic heterocycles. The molecule has 0 aliphatic heterocycles. The van der Waals surface area contributed by atoms with Gasteiger partial charge in [-0.1, -0.05) is 12.1 Å². The first-order valence-corrected chi connectivity index (χ1v) is 6.28. The summed E-state index contributed by atoms with van der Waals surface area (Å²) < 4.78 is 42.7. The topological polar surface area (TPSA) is 26.3 Å². The van der Waals surface area contributed by atoms with Gasteiger partial charge in [-0.15, -0.1) is 0 Å². The molecule has 0 N–H and O–H groups in total. The Bertz CT molecular complexity index is 613. The second-order valence-electron chi connectivity index (χ2n) is 4.65. The summed E-state index contributed by atoms with van der Waals surface area (Å²) in [4.78, 5) is 11.0. The molecule has 0 bridgehead atoms. The van der Waals surface area contributed by atoms with Gasteiger partial charge < -0.3 is 4.74 Å². The molecule has 0 atom stereocenters. The van der Waals surface area contributed by atoms with Crippen molar-refractivity contribution in [1.29, 1.82) is 0 Å². The normalized spacial score (nSPS) is 11.2. The molecular formula is C16H13F3O2. The first-order chi connectivity index (χ1) is 9.84. The number of ketones is 1. The molecule has 0 saturated heterocycles. The standard InChI is InChI=1S/C16H13F3O2/c1-11(20)10-12-2-6-14(7-3-12)21-15-8-4-13(5-9-15)16(17,18)19/h2-9H,10H2,1H3. The van der Waals surface area contributed by atoms with Crippen LogP contribution in [-0.4, -0.2) is 5.78 Å². The summed E-state index contributed by atoms with van der Waals surface area (Å²) in [6, 6.07) is 11.3. The maximum atomic E-state index is 12.4. The highest BCUT2D eigenvalue weighted by molar-refractivity contribution is 5.78. The van der Waals surface area contributed by atoms with E-state index in [2.05, 4.69) is 0 Å². The third kappa shape index (κ3) is 4.34. The van der Waals surface area contributed by atoms with Gasteiger partial charge >= 0.3 is 6.18 Å². The van der Waals surface area contributed by atoms with E-state index < -0.39 is 11.7 Å². The molecule has 0 amide bonds. The van der Waals surface area contributed by atoms with E-state index in [-0.39, 0.29) is 5.78 Å². The Morgan fingerprint density at radius 2 is 1.43 bits per heavy atom. The molecule has 2 aromatic rings. The molecule has 21 heavy (non-hydrogen) atoms. The van der Waals surface area contributed by atoms with Crippen molar-refractivity contribution in [3.8, 4) is 11.5 Å². The van der Waals surface area contributed by atoms with E-state index in [9.17, 15) is 18.0 Å². The SMILES string of the molecule is CC(=O)Cc1ccc(Oc2ccc(C(F)(F)F)cc2)cc1. The van der Waals surface area contributed by atoms with Crippen molar-refractivity contribution in [1.82, 2.24) is 0 Å². The van der Waals surface area contributed by atoms with Crippen molar-refractivity contribution in [2.24, 2.45) is 0 Å². The van der Waals surface area contributed by atoms with Gasteiger partial charge in [0.05, 0.1) is 5.56 Å². The molecule has 2 aromatic carbocycles. The summed E-state index contributed by atoms with van der Waals surface area (Å²) in [6.45, 7) is 1.51. The number of halogens is 3. The first kappa shape index (κ1) is 15.1. The smallest absolute Gasteiger partial charge is 0.416 e. The zero-order valence-corrected chi connectivity index (χ0v) is 11.3. The molecule has 2 nitrogen and oxygen atoms in total. The number of hydrogen-bond acceptors (Lipinski definition) is 2. The van der Waals surface area contributed by atoms with Crippen molar-refractivity contribution in [3.63, 3.8) is 0 Å². The van der Waals surface area contributed by atoms with Gasteiger partial charge in [0.15, 0.2) is 0 Å². The predicted octanol–water partition coefficient (Wildman–Crippen LogP) is 4.63. The molecule has 0 saturated carbocycles. The number of carbonyl (C=O) groups is 1. The van der Waals surface area contributed by atoms with Gasteiger partial charge in [0.25, 0.3) is 0 Å². The molecule has 0 radical (unpaired) electrons. The van der Waals surface area contributed by atoms with Gasteiger partial charge in [-0.25, -0.2) is 0 Å². The number of rotatable bonds is 4. The lowest BCUT2D eigenvalue weighted by Crippen LogP contribution is -2.04. The van der Waals surface area contributed by atoms with E-state index in [1.165, 1.54) is 19.1 Å². The summed E-state index contributed by atoms with van der Waals surface area (Å²) in [7, 11) is 0. The molecule has 110 valence electrons. The predicted molar refractivity (Wildman–Crippen MR) is 72.3 cm³/mol. The second-order valence-corrected chi connectivity index (χ2v) is 4.65. The van der Waals surface area contributed by atoms with Crippen LogP contribution in [0.5, 0.6) is 11.5 Å². The fourth-order valence-electron chi connectivity index (χ4n) is 1.81. The van der Waals surface area contributed by atoms with E-state index in [0.29, 0.717) is 17.9 Å². The minimum atomic E-state index is -4.35. The van der Waals surface area contributed by atoms with Crippen LogP contribution in [0.2, 0.25) is 0 Å². The fourth-order valence-corrected chi connectivity index (χ4v) is 1.81. The fraction of sp³-hybridized carbons (Fsp3) is 0.188. The second kappa shape index (κ2) is 5.99. The van der Waals surface area contributed by atoms with Crippen LogP contribution in [0.3, 0.4) is 0 Å². The Hall–Kier alpha value is -2.30. The number of ether oxygens (including phenoxy) is 1. The lowest BCUT2D eigenvalue weighted by molar-refractivity contribution is -0.137. The minimum Gasteiger partial charge on any atom is -0.457 e. The Morgan fingerprint density at radius 3 is 1.86 bits per heavy atom. The van der Waals surface area contributed by atoms with Gasteiger partial charge in [0, 0.05) is 6.42 Å². The highest BCUT2D eigenvalue weighted by atomic mass is 19.4. The van der Waals surface area contributed by atoms with Gasteiger partial charge in [0.2, 0.25) is 0 Å². The van der Waals surface area contributed by atoms with Crippen molar-refractivity contribution in [3.05, 3.63) is 59.7 Å². The number of alkyl halides is 3. The maximum absolute atomic E-state index is 12.4. The summed E-state index contributed by atoms with van der Waals surface area (Å²) in [5.74, 6) is 0.885. The van der Waals surface area contributed by atoms with Crippen molar-refractivity contribution in [2.75, 3.05) is 0 Å². The molecule has 0 unspecified atom stereocenters. The van der Waals surface area contributed by atoms with E-state index in [1.807, 2.05) is 0 Å². The van der Waals surface area contributed by atoms with Crippen LogP contribution in [0.15, 0.2) is 48.5 Å². The maximum Gasteiger partial charge on any atom is 0.416 e. The molecule has 0 fully saturated rings. The van der Waals surface area contributed by atoms with Gasteiger partial charge in [-0.05, 0) is 48.9 Å². The highest BCUT2D eigenvalue weighted by Gasteiger charge is 2.30. The number of benzene rings is 2. The van der Waals surface area contributed by atoms with Crippen molar-refractivity contribution in [2.45, 2.75) is 19.5 Å². The van der Waals surface area contributed by atoms with Crippen LogP contribution in [0, 0.1) is 0 Å². The zero-order chi connectivity index (χ0) is 15.5. The van der Waals surface area contributed by atoms with Crippen LogP contribution in [-0.2, 0) is 17.4 Å². The summed E-state index contributed by atoms with van der Waals surface area (Å²) >= 11 is 0. The average Bonchev–Trinajstić information content (AvgIpc) is 2.40. The van der Waals surface area contributed by atoms with E-state index in [1.54, 1.807) is 24.3 Å². The lowest BCUT2D eigenvalue weighted by atomic mass is 10.1. The Morgan fingerprint density at radius 1 is 0.952 bits per heavy atom. The molecule has 0 aliphatic rings. The molecule has 2 rings (SSSR count). The third-order valence-electron chi connectivity index (χ3n) is 2.79. The minimum absolute atomic E-state index is 0.0615. The van der Waals surface area contributed by atoms with Gasteiger partial charge in [-0.2, -0.15) is 13.2 Å². The summed E-state index contributed by atoms with van der Waals surface area (Å²) in [6.07, 6.45) is -4.01. The average molecular weight is 294 g/mol. The summed E-state index contributed by atoms with van der Waals surface area (Å²) in [5, 5.41) is 0. The van der Waals surface area contributed by atoms with Crippen LogP contribution < -0.4 is 4.74 Å². The van der Waals surface area contributed by atoms with Crippen LogP contribution >= 0.6 is 0 Å². The van der Waals surface area contributed by atoms with Crippen LogP contribution in [0.1, 0.15) is 18.1 Å². The molecular weight excluding hydrogens is 281 g/mol. The highest BCUT2D eigenvalue weighted by Crippen LogP contribution is 2.31. The van der Waals surface area contributed by atoms with Gasteiger partial charge in [0.1, 0.15) is 17.3 Å². The van der Waals surface area contributed by atoms with E-state index in [0.717, 1.165) is 17.7 Å². The number of Topliss-reactive ketones (excluding diaryl/α,β-unsaturated/α-hetero) is 1. The third-order valence-corrected chi connectivity index (χ3v) is 2.79. The molecule has 5 heteroatoms. The Labute approximate surface area is 120 Å². The van der Waals surface area contributed by atoms with Crippen LogP contribution in [0.25, 0.3) is 0 Å². The number of carbonyl (C=O) groups excluding carboxylic acids is 1. The number of hydrogen-bond donors (Lipinski definition) is 0. The van der Waals surface area contributed by atoms with Crippen molar-refractivity contribution < 1.29 is 22.7 Å². The largest absolute Gasteiger partial charge is 0.457 e. The molecule has 0 aliphatic carbocycles. The van der Waals surface area contributed by atoms with E-state index >= 15 is 0 Å². The zero-order valence-electron chi connectivity index (χ0n) is 11.3. The van der Waals surface area contributed by atoms with Crippen LogP contribution in [0.4, 0.5) is 13.2 Å². The summed E-state index contributed by atoms with van der Waals surface area (Å²) in [5.41, 5.74) is 0.147. The van der Waals surface area contributed by atoms with E-state index in [4.69, 9.17) is 4.74 Å². The monoisotopic (exact) mass is 294 g/mol. The Kier molecular flexibility index (Phi) is 4.31. The van der Waals surface area contributed by atoms with Crippen molar-refractivity contribution >= 4 is 5.78 Å². The quantitative estimate of drug-likeness (QED) is 0.821. The Balaban J connectivity index is 2.06.